The average Bonchev–Trinajstić information content (AvgIpc) is 2.22. The molecule has 1 aromatic carbocycles. The maximum atomic E-state index is 6.07. The monoisotopic (exact) mass is 256 g/mol. The van der Waals surface area contributed by atoms with Crippen molar-refractivity contribution in [3.63, 3.8) is 0 Å². The van der Waals surface area contributed by atoms with Crippen LogP contribution in [0.3, 0.4) is 0 Å². The molecule has 0 saturated heterocycles. The summed E-state index contributed by atoms with van der Waals surface area (Å²) in [5, 5.41) is 1.03. The predicted molar refractivity (Wildman–Crippen MR) is 64.9 cm³/mol. The first-order valence-corrected chi connectivity index (χ1v) is 5.34. The van der Waals surface area contributed by atoms with Gasteiger partial charge >= 0.3 is 0 Å². The van der Waals surface area contributed by atoms with Crippen LogP contribution in [0.1, 0.15) is 0 Å². The number of rotatable bonds is 1. The lowest BCUT2D eigenvalue weighted by Crippen LogP contribution is -1.86. The van der Waals surface area contributed by atoms with Gasteiger partial charge in [-0.15, -0.1) is 0 Å². The minimum Gasteiger partial charge on any atom is -0.346 e. The second-order valence-corrected chi connectivity index (χ2v) is 4.10. The molecule has 2 aromatic rings. The van der Waals surface area contributed by atoms with Crippen LogP contribution in [0.25, 0.3) is 11.3 Å². The Morgan fingerprint density at radius 1 is 1.27 bits per heavy atom. The molecule has 76 valence electrons. The third kappa shape index (κ3) is 2.20. The first kappa shape index (κ1) is 10.6. The van der Waals surface area contributed by atoms with E-state index in [0.29, 0.717) is 14.7 Å². The van der Waals surface area contributed by atoms with Crippen molar-refractivity contribution in [2.24, 2.45) is 0 Å². The van der Waals surface area contributed by atoms with Gasteiger partial charge < -0.3 is 4.98 Å². The van der Waals surface area contributed by atoms with Gasteiger partial charge in [-0.25, -0.2) is 4.98 Å². The molecule has 0 radical (unpaired) electrons. The van der Waals surface area contributed by atoms with E-state index in [4.69, 9.17) is 35.4 Å². The van der Waals surface area contributed by atoms with E-state index in [0.717, 1.165) is 11.3 Å². The van der Waals surface area contributed by atoms with Crippen molar-refractivity contribution in [3.8, 4) is 11.3 Å². The summed E-state index contributed by atoms with van der Waals surface area (Å²) in [5.41, 5.74) is 1.63. The third-order valence-electron chi connectivity index (χ3n) is 1.92. The molecule has 2 rings (SSSR count). The Labute approximate surface area is 102 Å². The molecule has 0 bridgehead atoms. The molecule has 1 N–H and O–H groups in total. The zero-order valence-electron chi connectivity index (χ0n) is 7.50. The van der Waals surface area contributed by atoms with E-state index in [1.165, 1.54) is 6.33 Å². The van der Waals surface area contributed by atoms with Crippen molar-refractivity contribution in [2.45, 2.75) is 0 Å². The molecule has 0 saturated carbocycles. The van der Waals surface area contributed by atoms with Crippen molar-refractivity contribution >= 4 is 35.4 Å². The van der Waals surface area contributed by atoms with E-state index in [9.17, 15) is 0 Å². The van der Waals surface area contributed by atoms with Gasteiger partial charge in [-0.05, 0) is 12.1 Å². The van der Waals surface area contributed by atoms with Crippen LogP contribution < -0.4 is 0 Å². The lowest BCUT2D eigenvalue weighted by Gasteiger charge is -2.04. The van der Waals surface area contributed by atoms with Gasteiger partial charge in [0.05, 0.1) is 22.1 Å². The van der Waals surface area contributed by atoms with Crippen LogP contribution in [0, 0.1) is 4.64 Å². The standard InChI is InChI=1S/C10H6Cl2N2S/c11-7-3-1-2-6(10(7)12)8-4-9(15)14-5-13-8/h1-5H,(H,13,14,15). The van der Waals surface area contributed by atoms with Crippen LogP contribution in [0.2, 0.25) is 10.0 Å². The summed E-state index contributed by atoms with van der Waals surface area (Å²) in [5.74, 6) is 0. The third-order valence-corrected chi connectivity index (χ3v) is 2.96. The summed E-state index contributed by atoms with van der Waals surface area (Å²) >= 11 is 17.0. The molecule has 0 unspecified atom stereocenters. The van der Waals surface area contributed by atoms with E-state index in [1.54, 1.807) is 12.1 Å². The summed E-state index contributed by atoms with van der Waals surface area (Å²) in [6, 6.07) is 7.19. The van der Waals surface area contributed by atoms with Gasteiger partial charge in [-0.2, -0.15) is 0 Å². The maximum Gasteiger partial charge on any atom is 0.130 e. The van der Waals surface area contributed by atoms with Crippen molar-refractivity contribution in [1.29, 1.82) is 0 Å². The second-order valence-electron chi connectivity index (χ2n) is 2.90. The molecule has 0 atom stereocenters. The van der Waals surface area contributed by atoms with E-state index >= 15 is 0 Å². The minimum atomic E-state index is 0.510. The molecule has 1 aromatic heterocycles. The first-order chi connectivity index (χ1) is 7.18. The summed E-state index contributed by atoms with van der Waals surface area (Å²) in [4.78, 5) is 6.87. The van der Waals surface area contributed by atoms with Crippen LogP contribution in [0.4, 0.5) is 0 Å². The number of halogens is 2. The topological polar surface area (TPSA) is 28.7 Å². The summed E-state index contributed by atoms with van der Waals surface area (Å²) in [7, 11) is 0. The summed E-state index contributed by atoms with van der Waals surface area (Å²) < 4.78 is 0.514. The molecule has 0 spiro atoms. The average molecular weight is 257 g/mol. The molecule has 5 heteroatoms. The molecule has 0 aliphatic rings. The second kappa shape index (κ2) is 4.31. The highest BCUT2D eigenvalue weighted by Crippen LogP contribution is 2.31. The number of nitrogens with zero attached hydrogens (tertiary/aromatic N) is 1. The van der Waals surface area contributed by atoms with Crippen molar-refractivity contribution in [3.05, 3.63) is 45.3 Å². The molecule has 0 fully saturated rings. The maximum absolute atomic E-state index is 6.07. The highest BCUT2D eigenvalue weighted by atomic mass is 35.5. The Morgan fingerprint density at radius 2 is 2.07 bits per heavy atom. The Morgan fingerprint density at radius 3 is 2.80 bits per heavy atom. The fourth-order valence-corrected chi connectivity index (χ4v) is 1.81. The number of hydrogen-bond donors (Lipinski definition) is 1. The van der Waals surface area contributed by atoms with E-state index < -0.39 is 0 Å². The van der Waals surface area contributed by atoms with Crippen molar-refractivity contribution in [2.75, 3.05) is 0 Å². The van der Waals surface area contributed by atoms with E-state index in [1.807, 2.05) is 12.1 Å². The fourth-order valence-electron chi connectivity index (χ4n) is 1.24. The van der Waals surface area contributed by atoms with Crippen LogP contribution in [-0.4, -0.2) is 9.97 Å². The van der Waals surface area contributed by atoms with Gasteiger partial charge in [0.15, 0.2) is 0 Å². The van der Waals surface area contributed by atoms with Gasteiger partial charge in [0.1, 0.15) is 4.64 Å². The Balaban J connectivity index is 2.64. The molecule has 0 amide bonds. The fraction of sp³-hybridized carbons (Fsp3) is 0. The highest BCUT2D eigenvalue weighted by molar-refractivity contribution is 7.71. The SMILES string of the molecule is S=c1cc(-c2cccc(Cl)c2Cl)[nH]cn1. The van der Waals surface area contributed by atoms with Gasteiger partial charge in [-0.1, -0.05) is 47.6 Å². The lowest BCUT2D eigenvalue weighted by atomic mass is 10.1. The molecule has 15 heavy (non-hydrogen) atoms. The normalized spacial score (nSPS) is 10.3. The number of aromatic amines is 1. The van der Waals surface area contributed by atoms with Gasteiger partial charge in [0.2, 0.25) is 0 Å². The largest absolute Gasteiger partial charge is 0.346 e. The van der Waals surface area contributed by atoms with Crippen LogP contribution >= 0.6 is 35.4 Å². The van der Waals surface area contributed by atoms with E-state index in [-0.39, 0.29) is 0 Å². The quantitative estimate of drug-likeness (QED) is 0.778. The van der Waals surface area contributed by atoms with Crippen LogP contribution in [-0.2, 0) is 0 Å². The lowest BCUT2D eigenvalue weighted by molar-refractivity contribution is 1.16. The Hall–Kier alpha value is -0.900. The zero-order valence-corrected chi connectivity index (χ0v) is 9.83. The number of hydrogen-bond acceptors (Lipinski definition) is 2. The Bertz CT molecular complexity index is 551. The summed E-state index contributed by atoms with van der Waals surface area (Å²) in [6.07, 6.45) is 1.54. The highest BCUT2D eigenvalue weighted by Gasteiger charge is 2.06. The van der Waals surface area contributed by atoms with Gasteiger partial charge in [-0.3, -0.25) is 0 Å². The summed E-state index contributed by atoms with van der Waals surface area (Å²) in [6.45, 7) is 0. The molecular formula is C10H6Cl2N2S. The molecule has 0 aliphatic carbocycles. The van der Waals surface area contributed by atoms with Crippen LogP contribution in [0.15, 0.2) is 30.6 Å². The number of H-pyrrole nitrogens is 1. The zero-order chi connectivity index (χ0) is 10.8. The van der Waals surface area contributed by atoms with E-state index in [2.05, 4.69) is 9.97 Å². The molecular weight excluding hydrogens is 251 g/mol. The van der Waals surface area contributed by atoms with Crippen molar-refractivity contribution < 1.29 is 0 Å². The molecule has 2 nitrogen and oxygen atoms in total. The van der Waals surface area contributed by atoms with Gasteiger partial charge in [0, 0.05) is 5.56 Å². The van der Waals surface area contributed by atoms with Gasteiger partial charge in [0.25, 0.3) is 0 Å². The molecule has 0 aliphatic heterocycles. The Kier molecular flexibility index (Phi) is 3.05. The van der Waals surface area contributed by atoms with Crippen LogP contribution in [0.5, 0.6) is 0 Å². The smallest absolute Gasteiger partial charge is 0.130 e. The van der Waals surface area contributed by atoms with Crippen molar-refractivity contribution in [1.82, 2.24) is 9.97 Å². The minimum absolute atomic E-state index is 0.510. The first-order valence-electron chi connectivity index (χ1n) is 4.17. The number of benzene rings is 1. The number of aromatic nitrogens is 2. The molecule has 1 heterocycles. The number of nitrogens with one attached hydrogen (secondary N) is 1. The predicted octanol–water partition coefficient (Wildman–Crippen LogP) is 4.11.